The lowest BCUT2D eigenvalue weighted by Crippen LogP contribution is -2.44. The van der Waals surface area contributed by atoms with Crippen molar-refractivity contribution in [2.75, 3.05) is 11.9 Å². The van der Waals surface area contributed by atoms with Crippen molar-refractivity contribution >= 4 is 56.0 Å². The van der Waals surface area contributed by atoms with E-state index in [1.165, 1.54) is 11.8 Å². The monoisotopic (exact) mass is 537 g/mol. The Labute approximate surface area is 211 Å². The molecule has 6 nitrogen and oxygen atoms in total. The number of carbonyl (C=O) groups excluding carboxylic acids is 2. The largest absolute Gasteiger partial charge is 0.494 e. The summed E-state index contributed by atoms with van der Waals surface area (Å²) < 4.78 is 6.43. The molecular weight excluding hydrogens is 514 g/mol. The summed E-state index contributed by atoms with van der Waals surface area (Å²) in [5.74, 6) is 0.398. The topological polar surface area (TPSA) is 71.0 Å². The molecule has 2 amide bonds. The van der Waals surface area contributed by atoms with Crippen molar-refractivity contribution in [3.8, 4) is 5.75 Å². The summed E-state index contributed by atoms with van der Waals surface area (Å²) in [6.45, 7) is 2.90. The Morgan fingerprint density at radius 2 is 1.79 bits per heavy atom. The molecule has 3 aromatic rings. The molecule has 0 aliphatic carbocycles. The maximum atomic E-state index is 13.2. The fraction of sp³-hybridized carbons (Fsp3) is 0.192. The maximum Gasteiger partial charge on any atom is 0.238 e. The van der Waals surface area contributed by atoms with Crippen molar-refractivity contribution in [3.63, 3.8) is 0 Å². The van der Waals surface area contributed by atoms with Gasteiger partial charge in [-0.3, -0.25) is 14.5 Å². The van der Waals surface area contributed by atoms with Gasteiger partial charge < -0.3 is 10.1 Å². The first-order chi connectivity index (χ1) is 16.5. The molecule has 0 unspecified atom stereocenters. The van der Waals surface area contributed by atoms with Gasteiger partial charge in [0.25, 0.3) is 0 Å². The molecule has 1 aliphatic heterocycles. The number of halogens is 1. The van der Waals surface area contributed by atoms with Crippen LogP contribution in [0.2, 0.25) is 0 Å². The summed E-state index contributed by atoms with van der Waals surface area (Å²) in [5.41, 5.74) is 2.36. The minimum absolute atomic E-state index is 0.0994. The first kappa shape index (κ1) is 24.0. The zero-order valence-corrected chi connectivity index (χ0v) is 21.0. The second-order valence-corrected chi connectivity index (χ2v) is 9.68. The minimum atomic E-state index is -0.579. The second-order valence-electron chi connectivity index (χ2n) is 7.59. The highest BCUT2D eigenvalue weighted by atomic mass is 79.9. The van der Waals surface area contributed by atoms with Gasteiger partial charge in [-0.2, -0.15) is 0 Å². The Morgan fingerprint density at radius 3 is 2.47 bits per heavy atom. The average Bonchev–Trinajstić information content (AvgIpc) is 2.84. The van der Waals surface area contributed by atoms with Gasteiger partial charge in [0.15, 0.2) is 5.17 Å². The summed E-state index contributed by atoms with van der Waals surface area (Å²) >= 11 is 4.70. The van der Waals surface area contributed by atoms with Crippen LogP contribution in [0, 0.1) is 0 Å². The molecule has 0 spiro atoms. The smallest absolute Gasteiger partial charge is 0.238 e. The number of aliphatic imine (C=N–C) groups is 1. The highest BCUT2D eigenvalue weighted by Gasteiger charge is 2.36. The molecule has 3 aromatic carbocycles. The van der Waals surface area contributed by atoms with E-state index in [1.807, 2.05) is 85.8 Å². The third-order valence-electron chi connectivity index (χ3n) is 5.10. The first-order valence-electron chi connectivity index (χ1n) is 10.9. The van der Waals surface area contributed by atoms with Crippen LogP contribution in [0.4, 0.5) is 11.4 Å². The molecule has 1 saturated heterocycles. The normalized spacial score (nSPS) is 17.0. The Hall–Kier alpha value is -3.10. The number of rotatable bonds is 7. The van der Waals surface area contributed by atoms with E-state index in [1.54, 1.807) is 4.90 Å². The first-order valence-corrected chi connectivity index (χ1v) is 12.6. The highest BCUT2D eigenvalue weighted by molar-refractivity contribution is 9.10. The highest BCUT2D eigenvalue weighted by Crippen LogP contribution is 2.31. The summed E-state index contributed by atoms with van der Waals surface area (Å²) in [4.78, 5) is 32.6. The standard InChI is InChI=1S/C26H24BrN3O3S/c1-2-33-22-14-12-21(13-15-22)29-26-30(17-18-6-4-3-5-7-18)24(31)16-23(34-26)25(32)28-20-10-8-19(27)9-11-20/h3-15,23H,2,16-17H2,1H3,(H,28,32)/t23-/m1/s1. The molecule has 0 radical (unpaired) electrons. The molecule has 1 heterocycles. The molecular formula is C26H24BrN3O3S. The van der Waals surface area contributed by atoms with Gasteiger partial charge in [0.05, 0.1) is 18.8 Å². The van der Waals surface area contributed by atoms with Crippen LogP contribution in [0.3, 0.4) is 0 Å². The number of benzene rings is 3. The number of hydrogen-bond acceptors (Lipinski definition) is 5. The summed E-state index contributed by atoms with van der Waals surface area (Å²) in [5, 5.41) is 2.83. The molecule has 1 N–H and O–H groups in total. The SMILES string of the molecule is CCOc1ccc(N=C2S[C@@H](C(=O)Nc3ccc(Br)cc3)CC(=O)N2Cc2ccccc2)cc1. The zero-order chi connectivity index (χ0) is 23.9. The molecule has 1 fully saturated rings. The van der Waals surface area contributed by atoms with Gasteiger partial charge in [-0.1, -0.05) is 58.0 Å². The fourth-order valence-corrected chi connectivity index (χ4v) is 4.78. The molecule has 8 heteroatoms. The van der Waals surface area contributed by atoms with Crippen molar-refractivity contribution in [2.45, 2.75) is 25.1 Å². The van der Waals surface area contributed by atoms with Gasteiger partial charge in [0, 0.05) is 16.6 Å². The van der Waals surface area contributed by atoms with E-state index in [4.69, 9.17) is 9.73 Å². The van der Waals surface area contributed by atoms with Crippen molar-refractivity contribution in [2.24, 2.45) is 4.99 Å². The van der Waals surface area contributed by atoms with Crippen LogP contribution in [0.25, 0.3) is 0 Å². The number of amidine groups is 1. The van der Waals surface area contributed by atoms with E-state index < -0.39 is 5.25 Å². The Morgan fingerprint density at radius 1 is 1.09 bits per heavy atom. The number of thioether (sulfide) groups is 1. The molecule has 0 bridgehead atoms. The lowest BCUT2D eigenvalue weighted by Gasteiger charge is -2.32. The predicted octanol–water partition coefficient (Wildman–Crippen LogP) is 6.01. The van der Waals surface area contributed by atoms with Gasteiger partial charge in [0.2, 0.25) is 11.8 Å². The van der Waals surface area contributed by atoms with Gasteiger partial charge in [0.1, 0.15) is 11.0 Å². The number of anilines is 1. The van der Waals surface area contributed by atoms with Crippen LogP contribution in [0.15, 0.2) is 88.3 Å². The molecule has 4 rings (SSSR count). The van der Waals surface area contributed by atoms with E-state index in [9.17, 15) is 9.59 Å². The minimum Gasteiger partial charge on any atom is -0.494 e. The number of ether oxygens (including phenoxy) is 1. The maximum absolute atomic E-state index is 13.2. The van der Waals surface area contributed by atoms with E-state index in [0.29, 0.717) is 29.7 Å². The Kier molecular flexibility index (Phi) is 8.03. The van der Waals surface area contributed by atoms with Gasteiger partial charge >= 0.3 is 0 Å². The van der Waals surface area contributed by atoms with Crippen LogP contribution >= 0.6 is 27.7 Å². The van der Waals surface area contributed by atoms with Crippen LogP contribution in [-0.2, 0) is 16.1 Å². The average molecular weight is 538 g/mol. The summed E-state index contributed by atoms with van der Waals surface area (Å²) in [6, 6.07) is 24.5. The molecule has 1 atom stereocenters. The van der Waals surface area contributed by atoms with Crippen LogP contribution in [-0.4, -0.2) is 33.7 Å². The lowest BCUT2D eigenvalue weighted by atomic mass is 10.2. The van der Waals surface area contributed by atoms with Crippen molar-refractivity contribution in [3.05, 3.63) is 88.9 Å². The van der Waals surface area contributed by atoms with E-state index in [2.05, 4.69) is 21.2 Å². The fourth-order valence-electron chi connectivity index (χ4n) is 3.41. The predicted molar refractivity (Wildman–Crippen MR) is 140 cm³/mol. The van der Waals surface area contributed by atoms with Crippen LogP contribution in [0.5, 0.6) is 5.75 Å². The number of carbonyl (C=O) groups is 2. The molecule has 0 aromatic heterocycles. The lowest BCUT2D eigenvalue weighted by molar-refractivity contribution is -0.129. The molecule has 174 valence electrons. The molecule has 1 aliphatic rings. The second kappa shape index (κ2) is 11.4. The Balaban J connectivity index is 1.58. The zero-order valence-electron chi connectivity index (χ0n) is 18.6. The third-order valence-corrected chi connectivity index (χ3v) is 6.82. The molecule has 34 heavy (non-hydrogen) atoms. The van der Waals surface area contributed by atoms with E-state index >= 15 is 0 Å². The number of amides is 2. The number of hydrogen-bond donors (Lipinski definition) is 1. The molecule has 0 saturated carbocycles. The van der Waals surface area contributed by atoms with Gasteiger partial charge in [-0.15, -0.1) is 0 Å². The number of nitrogens with one attached hydrogen (secondary N) is 1. The Bertz CT molecular complexity index is 1170. The van der Waals surface area contributed by atoms with Crippen molar-refractivity contribution in [1.82, 2.24) is 4.90 Å². The summed E-state index contributed by atoms with van der Waals surface area (Å²) in [7, 11) is 0. The number of nitrogens with zero attached hydrogens (tertiary/aromatic N) is 2. The van der Waals surface area contributed by atoms with Crippen molar-refractivity contribution in [1.29, 1.82) is 0 Å². The van der Waals surface area contributed by atoms with Gasteiger partial charge in [-0.05, 0) is 61.0 Å². The summed E-state index contributed by atoms with van der Waals surface area (Å²) in [6.07, 6.45) is 0.0994. The van der Waals surface area contributed by atoms with Crippen LogP contribution < -0.4 is 10.1 Å². The van der Waals surface area contributed by atoms with Gasteiger partial charge in [-0.25, -0.2) is 4.99 Å². The van der Waals surface area contributed by atoms with Crippen LogP contribution in [0.1, 0.15) is 18.9 Å². The van der Waals surface area contributed by atoms with E-state index in [0.717, 1.165) is 15.8 Å². The third kappa shape index (κ3) is 6.27. The quantitative estimate of drug-likeness (QED) is 0.400. The van der Waals surface area contributed by atoms with E-state index in [-0.39, 0.29) is 18.2 Å². The van der Waals surface area contributed by atoms with Crippen molar-refractivity contribution < 1.29 is 14.3 Å².